The zero-order chi connectivity index (χ0) is 16.7. The van der Waals surface area contributed by atoms with Gasteiger partial charge in [-0.15, -0.1) is 0 Å². The fourth-order valence-electron chi connectivity index (χ4n) is 2.69. The Kier molecular flexibility index (Phi) is 6.80. The topological polar surface area (TPSA) is 67.6 Å². The SMILES string of the molecule is Cc1cc(N)ccc1C(=O)NCCOCCN1CCC(F)CC1. The second-order valence-electron chi connectivity index (χ2n) is 5.96. The molecule has 1 aliphatic rings. The third-order valence-electron chi connectivity index (χ3n) is 4.10. The minimum atomic E-state index is -0.640. The number of nitrogens with one attached hydrogen (secondary N) is 1. The number of nitrogens with two attached hydrogens (primary N) is 1. The maximum Gasteiger partial charge on any atom is 0.251 e. The summed E-state index contributed by atoms with van der Waals surface area (Å²) in [6.07, 6.45) is 0.604. The van der Waals surface area contributed by atoms with Crippen LogP contribution in [-0.2, 0) is 4.74 Å². The smallest absolute Gasteiger partial charge is 0.251 e. The van der Waals surface area contributed by atoms with Gasteiger partial charge in [0.1, 0.15) is 6.17 Å². The highest BCUT2D eigenvalue weighted by molar-refractivity contribution is 5.95. The first-order valence-electron chi connectivity index (χ1n) is 8.15. The lowest BCUT2D eigenvalue weighted by Gasteiger charge is -2.28. The van der Waals surface area contributed by atoms with Crippen molar-refractivity contribution in [1.29, 1.82) is 0 Å². The van der Waals surface area contributed by atoms with Crippen molar-refractivity contribution in [3.05, 3.63) is 29.3 Å². The van der Waals surface area contributed by atoms with Gasteiger partial charge in [-0.2, -0.15) is 0 Å². The Bertz CT molecular complexity index is 517. The third-order valence-corrected chi connectivity index (χ3v) is 4.10. The Balaban J connectivity index is 1.57. The molecule has 0 bridgehead atoms. The number of amides is 1. The Morgan fingerprint density at radius 3 is 2.83 bits per heavy atom. The van der Waals surface area contributed by atoms with E-state index in [1.807, 2.05) is 6.92 Å². The lowest BCUT2D eigenvalue weighted by molar-refractivity contribution is 0.0785. The molecule has 1 amide bonds. The van der Waals surface area contributed by atoms with Crippen molar-refractivity contribution >= 4 is 11.6 Å². The van der Waals surface area contributed by atoms with E-state index in [2.05, 4.69) is 10.2 Å². The highest BCUT2D eigenvalue weighted by Crippen LogP contribution is 2.13. The summed E-state index contributed by atoms with van der Waals surface area (Å²) in [5.74, 6) is -0.115. The summed E-state index contributed by atoms with van der Waals surface area (Å²) in [5.41, 5.74) is 7.82. The molecular weight excluding hydrogens is 297 g/mol. The predicted molar refractivity (Wildman–Crippen MR) is 89.3 cm³/mol. The average molecular weight is 323 g/mol. The summed E-state index contributed by atoms with van der Waals surface area (Å²) < 4.78 is 18.5. The van der Waals surface area contributed by atoms with Crippen LogP contribution in [0.5, 0.6) is 0 Å². The van der Waals surface area contributed by atoms with Gasteiger partial charge in [0.25, 0.3) is 5.91 Å². The summed E-state index contributed by atoms with van der Waals surface area (Å²) in [5, 5.41) is 2.84. The van der Waals surface area contributed by atoms with Crippen molar-refractivity contribution in [1.82, 2.24) is 10.2 Å². The summed E-state index contributed by atoms with van der Waals surface area (Å²) >= 11 is 0. The van der Waals surface area contributed by atoms with Gasteiger partial charge in [-0.25, -0.2) is 4.39 Å². The molecule has 3 N–H and O–H groups in total. The number of rotatable bonds is 7. The first kappa shape index (κ1) is 17.7. The number of aryl methyl sites for hydroxylation is 1. The number of benzene rings is 1. The second-order valence-corrected chi connectivity index (χ2v) is 5.96. The first-order valence-corrected chi connectivity index (χ1v) is 8.15. The monoisotopic (exact) mass is 323 g/mol. The average Bonchev–Trinajstić information content (AvgIpc) is 2.52. The van der Waals surface area contributed by atoms with E-state index < -0.39 is 6.17 Å². The number of likely N-dealkylation sites (tertiary alicyclic amines) is 1. The molecule has 2 rings (SSSR count). The number of hydrogen-bond acceptors (Lipinski definition) is 4. The van der Waals surface area contributed by atoms with E-state index in [0.717, 1.165) is 25.2 Å². The van der Waals surface area contributed by atoms with Crippen LogP contribution >= 0.6 is 0 Å². The number of alkyl halides is 1. The summed E-state index contributed by atoms with van der Waals surface area (Å²) in [6, 6.07) is 5.24. The standard InChI is InChI=1S/C17H26FN3O2/c1-13-12-15(19)2-3-16(13)17(22)20-6-10-23-11-9-21-7-4-14(18)5-8-21/h2-3,12,14H,4-11,19H2,1H3,(H,20,22). The number of piperidine rings is 1. The van der Waals surface area contributed by atoms with Crippen molar-refractivity contribution < 1.29 is 13.9 Å². The molecular formula is C17H26FN3O2. The number of ether oxygens (including phenoxy) is 1. The zero-order valence-corrected chi connectivity index (χ0v) is 13.7. The van der Waals surface area contributed by atoms with E-state index in [4.69, 9.17) is 10.5 Å². The van der Waals surface area contributed by atoms with Crippen LogP contribution in [0, 0.1) is 6.92 Å². The molecule has 1 aromatic carbocycles. The third kappa shape index (κ3) is 5.80. The Morgan fingerprint density at radius 2 is 2.13 bits per heavy atom. The molecule has 128 valence electrons. The van der Waals surface area contributed by atoms with Crippen LogP contribution in [0.4, 0.5) is 10.1 Å². The fraction of sp³-hybridized carbons (Fsp3) is 0.588. The Labute approximate surface area is 137 Å². The van der Waals surface area contributed by atoms with Crippen LogP contribution in [0.3, 0.4) is 0 Å². The van der Waals surface area contributed by atoms with E-state index in [1.165, 1.54) is 0 Å². The zero-order valence-electron chi connectivity index (χ0n) is 13.7. The molecule has 1 aromatic rings. The largest absolute Gasteiger partial charge is 0.399 e. The van der Waals surface area contributed by atoms with Gasteiger partial charge in [-0.05, 0) is 43.5 Å². The normalized spacial score (nSPS) is 16.4. The van der Waals surface area contributed by atoms with Gasteiger partial charge in [-0.3, -0.25) is 4.79 Å². The molecule has 0 radical (unpaired) electrons. The first-order chi connectivity index (χ1) is 11.1. The number of anilines is 1. The molecule has 0 unspecified atom stereocenters. The van der Waals surface area contributed by atoms with Crippen LogP contribution < -0.4 is 11.1 Å². The Hall–Kier alpha value is -1.66. The van der Waals surface area contributed by atoms with Crippen molar-refractivity contribution in [3.8, 4) is 0 Å². The highest BCUT2D eigenvalue weighted by Gasteiger charge is 2.17. The maximum atomic E-state index is 13.0. The number of nitrogen functional groups attached to an aromatic ring is 1. The van der Waals surface area contributed by atoms with Gasteiger partial charge < -0.3 is 20.7 Å². The van der Waals surface area contributed by atoms with Crippen molar-refractivity contribution in [2.45, 2.75) is 25.9 Å². The molecule has 6 heteroatoms. The summed E-state index contributed by atoms with van der Waals surface area (Å²) in [6.45, 7) is 5.83. The van der Waals surface area contributed by atoms with Crippen LogP contribution in [-0.4, -0.2) is 56.4 Å². The van der Waals surface area contributed by atoms with Gasteiger partial charge in [0.2, 0.25) is 0 Å². The molecule has 1 saturated heterocycles. The molecule has 0 atom stereocenters. The lowest BCUT2D eigenvalue weighted by atomic mass is 10.1. The van der Waals surface area contributed by atoms with E-state index in [1.54, 1.807) is 18.2 Å². The molecule has 5 nitrogen and oxygen atoms in total. The van der Waals surface area contributed by atoms with Gasteiger partial charge >= 0.3 is 0 Å². The number of halogens is 1. The number of nitrogens with zero attached hydrogens (tertiary/aromatic N) is 1. The molecule has 0 saturated carbocycles. The predicted octanol–water partition coefficient (Wildman–Crippen LogP) is 1.76. The summed E-state index contributed by atoms with van der Waals surface area (Å²) in [7, 11) is 0. The quantitative estimate of drug-likeness (QED) is 0.593. The van der Waals surface area contributed by atoms with Crippen LogP contribution in [0.2, 0.25) is 0 Å². The Morgan fingerprint density at radius 1 is 1.39 bits per heavy atom. The molecule has 23 heavy (non-hydrogen) atoms. The molecule has 0 spiro atoms. The van der Waals surface area contributed by atoms with Crippen molar-refractivity contribution in [2.24, 2.45) is 0 Å². The minimum absolute atomic E-state index is 0.115. The van der Waals surface area contributed by atoms with Crippen LogP contribution in [0.15, 0.2) is 18.2 Å². The van der Waals surface area contributed by atoms with E-state index in [0.29, 0.717) is 43.9 Å². The number of hydrogen-bond donors (Lipinski definition) is 2. The molecule has 1 aliphatic heterocycles. The van der Waals surface area contributed by atoms with Crippen LogP contribution in [0.1, 0.15) is 28.8 Å². The van der Waals surface area contributed by atoms with Gasteiger partial charge in [-0.1, -0.05) is 0 Å². The molecule has 1 fully saturated rings. The van der Waals surface area contributed by atoms with E-state index in [-0.39, 0.29) is 5.91 Å². The summed E-state index contributed by atoms with van der Waals surface area (Å²) in [4.78, 5) is 14.3. The molecule has 1 heterocycles. The van der Waals surface area contributed by atoms with Crippen LogP contribution in [0.25, 0.3) is 0 Å². The fourth-order valence-corrected chi connectivity index (χ4v) is 2.69. The van der Waals surface area contributed by atoms with Gasteiger partial charge in [0.05, 0.1) is 13.2 Å². The van der Waals surface area contributed by atoms with Gasteiger partial charge in [0.15, 0.2) is 0 Å². The van der Waals surface area contributed by atoms with E-state index >= 15 is 0 Å². The van der Waals surface area contributed by atoms with Gasteiger partial charge in [0, 0.05) is 37.4 Å². The maximum absolute atomic E-state index is 13.0. The minimum Gasteiger partial charge on any atom is -0.399 e. The second kappa shape index (κ2) is 8.84. The highest BCUT2D eigenvalue weighted by atomic mass is 19.1. The lowest BCUT2D eigenvalue weighted by Crippen LogP contribution is -2.37. The molecule has 0 aliphatic carbocycles. The number of carbonyl (C=O) groups excluding carboxylic acids is 1. The van der Waals surface area contributed by atoms with Crippen molar-refractivity contribution in [2.75, 3.05) is 45.1 Å². The number of carbonyl (C=O) groups is 1. The van der Waals surface area contributed by atoms with Crippen molar-refractivity contribution in [3.63, 3.8) is 0 Å². The molecule has 0 aromatic heterocycles. The van der Waals surface area contributed by atoms with E-state index in [9.17, 15) is 9.18 Å².